The lowest BCUT2D eigenvalue weighted by molar-refractivity contribution is 0.290. The number of nitrogens with zero attached hydrogens (tertiary/aromatic N) is 2. The fraction of sp³-hybridized carbons (Fsp3) is 0.0769. The lowest BCUT2D eigenvalue weighted by atomic mass is 10.2. The van der Waals surface area contributed by atoms with E-state index in [4.69, 9.17) is 21.6 Å². The van der Waals surface area contributed by atoms with E-state index in [0.29, 0.717) is 5.69 Å². The molecule has 2 aromatic rings. The van der Waals surface area contributed by atoms with Gasteiger partial charge < -0.3 is 4.74 Å². The number of rotatable bonds is 3. The zero-order chi connectivity index (χ0) is 13.0. The summed E-state index contributed by atoms with van der Waals surface area (Å²) in [5.74, 6) is -0.508. The highest BCUT2D eigenvalue weighted by Gasteiger charge is 2.07. The van der Waals surface area contributed by atoms with Crippen LogP contribution in [0.25, 0.3) is 0 Å². The molecule has 0 atom stereocenters. The molecule has 1 aromatic carbocycles. The molecule has 0 unspecified atom stereocenters. The Kier molecular flexibility index (Phi) is 3.75. The van der Waals surface area contributed by atoms with Crippen LogP contribution in [0, 0.1) is 17.1 Å². The van der Waals surface area contributed by atoms with Crippen molar-refractivity contribution in [1.82, 2.24) is 4.98 Å². The zero-order valence-electron chi connectivity index (χ0n) is 9.23. The Bertz CT molecular complexity index is 610. The molecule has 0 amide bonds. The van der Waals surface area contributed by atoms with Crippen LogP contribution in [-0.4, -0.2) is 4.98 Å². The minimum absolute atomic E-state index is 0.0138. The van der Waals surface area contributed by atoms with Gasteiger partial charge in [-0.25, -0.2) is 9.37 Å². The molecule has 90 valence electrons. The van der Waals surface area contributed by atoms with Gasteiger partial charge in [-0.2, -0.15) is 5.26 Å². The molecule has 0 bridgehead atoms. The number of aromatic nitrogens is 1. The first-order valence-electron chi connectivity index (χ1n) is 5.12. The molecular weight excluding hydrogens is 255 g/mol. The molecule has 1 aromatic heterocycles. The molecule has 18 heavy (non-hydrogen) atoms. The highest BCUT2D eigenvalue weighted by molar-refractivity contribution is 6.30. The number of ether oxygens (including phenoxy) is 1. The summed E-state index contributed by atoms with van der Waals surface area (Å²) in [5, 5.41) is 8.71. The van der Waals surface area contributed by atoms with Crippen LogP contribution in [0.1, 0.15) is 11.3 Å². The van der Waals surface area contributed by atoms with Gasteiger partial charge in [-0.1, -0.05) is 17.7 Å². The molecule has 0 aliphatic rings. The minimum Gasteiger partial charge on any atom is -0.486 e. The molecule has 0 saturated carbocycles. The van der Waals surface area contributed by atoms with Gasteiger partial charge in [-0.3, -0.25) is 0 Å². The van der Waals surface area contributed by atoms with Crippen molar-refractivity contribution < 1.29 is 9.13 Å². The quantitative estimate of drug-likeness (QED) is 0.852. The van der Waals surface area contributed by atoms with Crippen LogP contribution in [0.2, 0.25) is 5.02 Å². The van der Waals surface area contributed by atoms with Crippen molar-refractivity contribution in [3.8, 4) is 11.8 Å². The Balaban J connectivity index is 2.12. The van der Waals surface area contributed by atoms with E-state index in [9.17, 15) is 4.39 Å². The van der Waals surface area contributed by atoms with E-state index in [1.165, 1.54) is 18.3 Å². The highest BCUT2D eigenvalue weighted by Crippen LogP contribution is 2.24. The fourth-order valence-electron chi connectivity index (χ4n) is 1.38. The van der Waals surface area contributed by atoms with Crippen LogP contribution in [0.4, 0.5) is 4.39 Å². The van der Waals surface area contributed by atoms with Crippen molar-refractivity contribution in [2.24, 2.45) is 0 Å². The summed E-state index contributed by atoms with van der Waals surface area (Å²) in [4.78, 5) is 3.83. The second kappa shape index (κ2) is 5.48. The Labute approximate surface area is 108 Å². The maximum Gasteiger partial charge on any atom is 0.183 e. The molecular formula is C13H8ClFN2O. The molecule has 0 aliphatic heterocycles. The Morgan fingerprint density at radius 2 is 2.22 bits per heavy atom. The van der Waals surface area contributed by atoms with Gasteiger partial charge in [0.15, 0.2) is 11.6 Å². The Hall–Kier alpha value is -2.12. The standard InChI is InChI=1S/C13H8ClFN2O/c14-11-2-1-3-12(13(11)15)18-8-9-4-5-17-10(6-9)7-16/h1-6H,8H2. The third kappa shape index (κ3) is 2.76. The van der Waals surface area contributed by atoms with Crippen LogP contribution < -0.4 is 4.74 Å². The third-order valence-electron chi connectivity index (χ3n) is 2.25. The summed E-state index contributed by atoms with van der Waals surface area (Å²) in [5.41, 5.74) is 1.03. The van der Waals surface area contributed by atoms with Gasteiger partial charge in [0.1, 0.15) is 18.4 Å². The van der Waals surface area contributed by atoms with Crippen LogP contribution >= 0.6 is 11.6 Å². The van der Waals surface area contributed by atoms with Crippen molar-refractivity contribution in [3.05, 3.63) is 58.6 Å². The first-order valence-corrected chi connectivity index (χ1v) is 5.50. The largest absolute Gasteiger partial charge is 0.486 e. The van der Waals surface area contributed by atoms with Crippen molar-refractivity contribution >= 4 is 11.6 Å². The smallest absolute Gasteiger partial charge is 0.183 e. The first-order chi connectivity index (χ1) is 8.70. The molecule has 0 spiro atoms. The van der Waals surface area contributed by atoms with E-state index in [2.05, 4.69) is 4.98 Å². The van der Waals surface area contributed by atoms with E-state index in [1.807, 2.05) is 6.07 Å². The molecule has 0 saturated heterocycles. The van der Waals surface area contributed by atoms with Crippen LogP contribution in [0.15, 0.2) is 36.5 Å². The summed E-state index contributed by atoms with van der Waals surface area (Å²) in [6.07, 6.45) is 1.51. The number of pyridine rings is 1. The first kappa shape index (κ1) is 12.3. The van der Waals surface area contributed by atoms with E-state index in [0.717, 1.165) is 5.56 Å². The maximum absolute atomic E-state index is 13.5. The minimum atomic E-state index is -0.589. The third-order valence-corrected chi connectivity index (χ3v) is 2.54. The average Bonchev–Trinajstić information content (AvgIpc) is 2.41. The SMILES string of the molecule is N#Cc1cc(COc2cccc(Cl)c2F)ccn1. The number of benzene rings is 1. The van der Waals surface area contributed by atoms with Gasteiger partial charge in [-0.15, -0.1) is 0 Å². The molecule has 0 fully saturated rings. The van der Waals surface area contributed by atoms with Gasteiger partial charge in [0.05, 0.1) is 5.02 Å². The van der Waals surface area contributed by atoms with Crippen molar-refractivity contribution in [2.75, 3.05) is 0 Å². The van der Waals surface area contributed by atoms with Gasteiger partial charge in [0.2, 0.25) is 0 Å². The van der Waals surface area contributed by atoms with Crippen molar-refractivity contribution in [3.63, 3.8) is 0 Å². The molecule has 3 nitrogen and oxygen atoms in total. The number of nitriles is 1. The monoisotopic (exact) mass is 262 g/mol. The zero-order valence-corrected chi connectivity index (χ0v) is 9.99. The van der Waals surface area contributed by atoms with Crippen molar-refractivity contribution in [1.29, 1.82) is 5.26 Å². The lowest BCUT2D eigenvalue weighted by Crippen LogP contribution is -1.98. The summed E-state index contributed by atoms with van der Waals surface area (Å²) < 4.78 is 18.8. The lowest BCUT2D eigenvalue weighted by Gasteiger charge is -2.07. The van der Waals surface area contributed by atoms with Gasteiger partial charge >= 0.3 is 0 Å². The van der Waals surface area contributed by atoms with E-state index < -0.39 is 5.82 Å². The number of hydrogen-bond donors (Lipinski definition) is 0. The predicted molar refractivity (Wildman–Crippen MR) is 64.7 cm³/mol. The van der Waals surface area contributed by atoms with Gasteiger partial charge in [-0.05, 0) is 29.8 Å². The Morgan fingerprint density at radius 1 is 1.39 bits per heavy atom. The van der Waals surface area contributed by atoms with Crippen LogP contribution in [-0.2, 0) is 6.61 Å². The summed E-state index contributed by atoms with van der Waals surface area (Å²) >= 11 is 5.64. The maximum atomic E-state index is 13.5. The molecule has 0 aliphatic carbocycles. The summed E-state index contributed by atoms with van der Waals surface area (Å²) in [6.45, 7) is 0.147. The fourth-order valence-corrected chi connectivity index (χ4v) is 1.55. The van der Waals surface area contributed by atoms with E-state index in [-0.39, 0.29) is 17.4 Å². The second-order valence-electron chi connectivity index (χ2n) is 3.50. The van der Waals surface area contributed by atoms with Crippen LogP contribution in [0.5, 0.6) is 5.75 Å². The topological polar surface area (TPSA) is 45.9 Å². The van der Waals surface area contributed by atoms with Crippen LogP contribution in [0.3, 0.4) is 0 Å². The molecule has 1 heterocycles. The van der Waals surface area contributed by atoms with E-state index in [1.54, 1.807) is 18.2 Å². The number of hydrogen-bond acceptors (Lipinski definition) is 3. The molecule has 5 heteroatoms. The number of halogens is 2. The second-order valence-corrected chi connectivity index (χ2v) is 3.91. The molecule has 0 radical (unpaired) electrons. The van der Waals surface area contributed by atoms with Gasteiger partial charge in [0, 0.05) is 6.20 Å². The average molecular weight is 263 g/mol. The van der Waals surface area contributed by atoms with Crippen molar-refractivity contribution in [2.45, 2.75) is 6.61 Å². The Morgan fingerprint density at radius 3 is 3.00 bits per heavy atom. The molecule has 0 N–H and O–H groups in total. The molecule has 2 rings (SSSR count). The van der Waals surface area contributed by atoms with E-state index >= 15 is 0 Å². The summed E-state index contributed by atoms with van der Waals surface area (Å²) in [7, 11) is 0. The van der Waals surface area contributed by atoms with Gasteiger partial charge in [0.25, 0.3) is 0 Å². The summed E-state index contributed by atoms with van der Waals surface area (Å²) in [6, 6.07) is 9.75. The predicted octanol–water partition coefficient (Wildman–Crippen LogP) is 3.32. The highest BCUT2D eigenvalue weighted by atomic mass is 35.5. The normalized spacial score (nSPS) is 9.83.